The van der Waals surface area contributed by atoms with E-state index in [4.69, 9.17) is 25.8 Å². The summed E-state index contributed by atoms with van der Waals surface area (Å²) in [4.78, 5) is 45.8. The minimum Gasteiger partial charge on any atom is -0.466 e. The molecule has 1 aromatic carbocycles. The maximum Gasteiger partial charge on any atom is 0.303 e. The molecule has 0 aliphatic heterocycles. The van der Waals surface area contributed by atoms with Crippen molar-refractivity contribution >= 4 is 34.8 Å². The molecular weight excluding hydrogens is 376 g/mol. The van der Waals surface area contributed by atoms with Crippen LogP contribution in [0.3, 0.4) is 0 Å². The molecule has 1 saturated carbocycles. The number of benzene rings is 1. The summed E-state index contributed by atoms with van der Waals surface area (Å²) < 4.78 is 15.9. The van der Waals surface area contributed by atoms with Gasteiger partial charge in [0, 0.05) is 38.2 Å². The van der Waals surface area contributed by atoms with Crippen LogP contribution in [-0.2, 0) is 34.2 Å². The highest BCUT2D eigenvalue weighted by Gasteiger charge is 2.58. The SMILES string of the molecule is CC(=O)OC[C@H]1C[C@@](OC(C)=O)(c2cccc(C(=O)Cl)c2)[C@@H]1COC(C)=O. The molecule has 0 radical (unpaired) electrons. The van der Waals surface area contributed by atoms with Crippen molar-refractivity contribution in [2.24, 2.45) is 11.8 Å². The number of hydrogen-bond donors (Lipinski definition) is 0. The summed E-state index contributed by atoms with van der Waals surface area (Å²) in [6, 6.07) is 6.46. The second kappa shape index (κ2) is 8.52. The lowest BCUT2D eigenvalue weighted by atomic mass is 9.58. The molecule has 0 heterocycles. The van der Waals surface area contributed by atoms with Crippen LogP contribution in [-0.4, -0.2) is 36.4 Å². The molecule has 7 nitrogen and oxygen atoms in total. The second-order valence-electron chi connectivity index (χ2n) is 6.51. The summed E-state index contributed by atoms with van der Waals surface area (Å²) >= 11 is 5.57. The van der Waals surface area contributed by atoms with E-state index in [1.54, 1.807) is 24.3 Å². The Bertz CT molecular complexity index is 760. The molecule has 146 valence electrons. The number of hydrogen-bond acceptors (Lipinski definition) is 7. The van der Waals surface area contributed by atoms with Crippen LogP contribution < -0.4 is 0 Å². The quantitative estimate of drug-likeness (QED) is 0.397. The molecule has 1 aromatic rings. The van der Waals surface area contributed by atoms with Crippen molar-refractivity contribution in [3.8, 4) is 0 Å². The molecule has 1 aliphatic rings. The molecule has 0 saturated heterocycles. The molecular formula is C19H21ClO7. The zero-order chi connectivity index (χ0) is 20.2. The van der Waals surface area contributed by atoms with Crippen molar-refractivity contribution in [3.63, 3.8) is 0 Å². The number of carbonyl (C=O) groups excluding carboxylic acids is 4. The molecule has 0 amide bonds. The van der Waals surface area contributed by atoms with Gasteiger partial charge in [0.15, 0.2) is 0 Å². The molecule has 8 heteroatoms. The zero-order valence-electron chi connectivity index (χ0n) is 15.3. The highest BCUT2D eigenvalue weighted by atomic mass is 35.5. The van der Waals surface area contributed by atoms with Crippen LogP contribution in [0.5, 0.6) is 0 Å². The third-order valence-corrected chi connectivity index (χ3v) is 4.82. The minimum absolute atomic E-state index is 0.0202. The van der Waals surface area contributed by atoms with E-state index in [9.17, 15) is 19.2 Å². The molecule has 0 N–H and O–H groups in total. The fourth-order valence-corrected chi connectivity index (χ4v) is 3.57. The van der Waals surface area contributed by atoms with Crippen LogP contribution in [0.1, 0.15) is 43.1 Å². The Kier molecular flexibility index (Phi) is 6.59. The number of esters is 3. The van der Waals surface area contributed by atoms with Gasteiger partial charge in [-0.2, -0.15) is 0 Å². The maximum absolute atomic E-state index is 11.8. The van der Waals surface area contributed by atoms with E-state index in [1.165, 1.54) is 20.8 Å². The van der Waals surface area contributed by atoms with Crippen LogP contribution >= 0.6 is 11.6 Å². The summed E-state index contributed by atoms with van der Waals surface area (Å²) in [5, 5.41) is -0.637. The molecule has 1 fully saturated rings. The van der Waals surface area contributed by atoms with Crippen molar-refractivity contribution in [1.29, 1.82) is 0 Å². The van der Waals surface area contributed by atoms with Crippen molar-refractivity contribution in [2.45, 2.75) is 32.8 Å². The summed E-state index contributed by atoms with van der Waals surface area (Å²) in [6.07, 6.45) is 0.353. The largest absolute Gasteiger partial charge is 0.466 e. The first-order chi connectivity index (χ1) is 12.7. The number of carbonyl (C=O) groups is 4. The number of rotatable bonds is 7. The van der Waals surface area contributed by atoms with Gasteiger partial charge in [-0.15, -0.1) is 0 Å². The molecule has 0 aromatic heterocycles. The minimum atomic E-state index is -1.10. The average molecular weight is 397 g/mol. The predicted octanol–water partition coefficient (Wildman–Crippen LogP) is 2.59. The molecule has 27 heavy (non-hydrogen) atoms. The van der Waals surface area contributed by atoms with Crippen LogP contribution in [0.15, 0.2) is 24.3 Å². The molecule has 3 atom stereocenters. The van der Waals surface area contributed by atoms with E-state index in [0.717, 1.165) is 0 Å². The average Bonchev–Trinajstić information content (AvgIpc) is 2.56. The van der Waals surface area contributed by atoms with Crippen molar-refractivity contribution in [3.05, 3.63) is 35.4 Å². The lowest BCUT2D eigenvalue weighted by molar-refractivity contribution is -0.216. The first kappa shape index (κ1) is 20.9. The first-order valence-corrected chi connectivity index (χ1v) is 8.80. The van der Waals surface area contributed by atoms with E-state index in [2.05, 4.69) is 0 Å². The van der Waals surface area contributed by atoms with Crippen molar-refractivity contribution in [1.82, 2.24) is 0 Å². The topological polar surface area (TPSA) is 96.0 Å². The van der Waals surface area contributed by atoms with Gasteiger partial charge in [-0.25, -0.2) is 0 Å². The van der Waals surface area contributed by atoms with Crippen LogP contribution in [0, 0.1) is 11.8 Å². The lowest BCUT2D eigenvalue weighted by Gasteiger charge is -2.53. The van der Waals surface area contributed by atoms with Gasteiger partial charge >= 0.3 is 17.9 Å². The standard InChI is InChI=1S/C19H21ClO7/c1-11(21)25-9-15-8-19(27-13(3)23,17(15)10-26-12(2)22)16-6-4-5-14(7-16)18(20)24/h4-7,15,17H,8-10H2,1-3H3/t15-,17-,19-/m1/s1. The third-order valence-electron chi connectivity index (χ3n) is 4.60. The third kappa shape index (κ3) is 4.86. The van der Waals surface area contributed by atoms with Crippen molar-refractivity contribution < 1.29 is 33.4 Å². The van der Waals surface area contributed by atoms with E-state index >= 15 is 0 Å². The first-order valence-electron chi connectivity index (χ1n) is 8.42. The molecule has 1 aliphatic carbocycles. The second-order valence-corrected chi connectivity index (χ2v) is 6.86. The van der Waals surface area contributed by atoms with Gasteiger partial charge in [-0.3, -0.25) is 19.2 Å². The van der Waals surface area contributed by atoms with Gasteiger partial charge in [-0.1, -0.05) is 18.2 Å². The summed E-state index contributed by atoms with van der Waals surface area (Å²) in [7, 11) is 0. The Balaban J connectivity index is 2.40. The Hall–Kier alpha value is -2.41. The maximum atomic E-state index is 11.8. The lowest BCUT2D eigenvalue weighted by Crippen LogP contribution is -2.57. The monoisotopic (exact) mass is 396 g/mol. The van der Waals surface area contributed by atoms with E-state index in [1.807, 2.05) is 0 Å². The van der Waals surface area contributed by atoms with Gasteiger partial charge in [0.25, 0.3) is 5.24 Å². The van der Waals surface area contributed by atoms with Gasteiger partial charge in [0.05, 0.1) is 13.2 Å². The highest BCUT2D eigenvalue weighted by Crippen LogP contribution is 2.54. The van der Waals surface area contributed by atoms with Crippen molar-refractivity contribution in [2.75, 3.05) is 13.2 Å². The van der Waals surface area contributed by atoms with Gasteiger partial charge in [0.2, 0.25) is 0 Å². The van der Waals surface area contributed by atoms with Crippen LogP contribution in [0.2, 0.25) is 0 Å². The Morgan fingerprint density at radius 1 is 1.04 bits per heavy atom. The van der Waals surface area contributed by atoms with Gasteiger partial charge < -0.3 is 14.2 Å². The summed E-state index contributed by atoms with van der Waals surface area (Å²) in [5.74, 6) is -2.04. The summed E-state index contributed by atoms with van der Waals surface area (Å²) in [5.41, 5.74) is -0.273. The zero-order valence-corrected chi connectivity index (χ0v) is 16.1. The Labute approximate surface area is 161 Å². The normalized spacial score (nSPS) is 23.7. The van der Waals surface area contributed by atoms with Gasteiger partial charge in [0.1, 0.15) is 5.60 Å². The molecule has 0 bridgehead atoms. The Morgan fingerprint density at radius 3 is 2.22 bits per heavy atom. The fourth-order valence-electron chi connectivity index (χ4n) is 3.45. The highest BCUT2D eigenvalue weighted by molar-refractivity contribution is 6.67. The molecule has 0 spiro atoms. The van der Waals surface area contributed by atoms with Crippen LogP contribution in [0.25, 0.3) is 0 Å². The number of halogens is 1. The summed E-state index contributed by atoms with van der Waals surface area (Å²) in [6.45, 7) is 3.95. The van der Waals surface area contributed by atoms with E-state index < -0.39 is 34.7 Å². The van der Waals surface area contributed by atoms with Crippen LogP contribution in [0.4, 0.5) is 0 Å². The van der Waals surface area contributed by atoms with E-state index in [0.29, 0.717) is 12.0 Å². The number of ether oxygens (including phenoxy) is 3. The predicted molar refractivity (Wildman–Crippen MR) is 94.9 cm³/mol. The smallest absolute Gasteiger partial charge is 0.303 e. The fraction of sp³-hybridized carbons (Fsp3) is 0.474. The Morgan fingerprint density at radius 2 is 1.67 bits per heavy atom. The molecule has 0 unspecified atom stereocenters. The van der Waals surface area contributed by atoms with Gasteiger partial charge in [-0.05, 0) is 29.7 Å². The van der Waals surface area contributed by atoms with E-state index in [-0.39, 0.29) is 24.7 Å². The molecule has 2 rings (SSSR count).